The molecule has 1 nitrogen and oxygen atoms in total. The van der Waals surface area contributed by atoms with E-state index in [4.69, 9.17) is 0 Å². The molecule has 1 aliphatic carbocycles. The van der Waals surface area contributed by atoms with E-state index < -0.39 is 0 Å². The van der Waals surface area contributed by atoms with Crippen LogP contribution in [0, 0.1) is 17.8 Å². The Bertz CT molecular complexity index is 219. The van der Waals surface area contributed by atoms with Crippen molar-refractivity contribution in [2.24, 2.45) is 17.8 Å². The van der Waals surface area contributed by atoms with Crippen molar-refractivity contribution in [2.75, 3.05) is 0 Å². The minimum Gasteiger partial charge on any atom is -0.300 e. The van der Waals surface area contributed by atoms with E-state index in [-0.39, 0.29) is 5.92 Å². The van der Waals surface area contributed by atoms with Crippen LogP contribution in [-0.4, -0.2) is 5.78 Å². The number of rotatable bonds is 1. The number of carbonyl (C=O) groups excluding carboxylic acids is 1. The van der Waals surface area contributed by atoms with E-state index in [1.807, 2.05) is 0 Å². The molecule has 0 aromatic rings. The molecule has 1 aliphatic rings. The van der Waals surface area contributed by atoms with Gasteiger partial charge in [0.2, 0.25) is 0 Å². The molecule has 0 aromatic heterocycles. The molecular weight excluding hydrogens is 148 g/mol. The Hall–Kier alpha value is -0.590. The zero-order valence-electron chi connectivity index (χ0n) is 8.64. The summed E-state index contributed by atoms with van der Waals surface area (Å²) in [6.07, 6.45) is 0. The molecule has 0 radical (unpaired) electrons. The van der Waals surface area contributed by atoms with E-state index in [9.17, 15) is 4.79 Å². The number of hydrogen-bond donors (Lipinski definition) is 0. The second kappa shape index (κ2) is 3.04. The molecule has 1 heteroatoms. The zero-order chi connectivity index (χ0) is 9.46. The lowest BCUT2D eigenvalue weighted by atomic mass is 9.85. The smallest absolute Gasteiger partial charge is 0.134 e. The zero-order valence-corrected chi connectivity index (χ0v) is 8.64. The van der Waals surface area contributed by atoms with Crippen LogP contribution in [0.25, 0.3) is 0 Å². The van der Waals surface area contributed by atoms with Crippen LogP contribution < -0.4 is 0 Å². The van der Waals surface area contributed by atoms with Crippen LogP contribution in [0.1, 0.15) is 34.6 Å². The lowest BCUT2D eigenvalue weighted by molar-refractivity contribution is -0.122. The van der Waals surface area contributed by atoms with Crippen LogP contribution in [0.3, 0.4) is 0 Å². The van der Waals surface area contributed by atoms with Crippen LogP contribution in [0.5, 0.6) is 0 Å². The van der Waals surface area contributed by atoms with E-state index >= 15 is 0 Å². The van der Waals surface area contributed by atoms with Crippen molar-refractivity contribution in [3.8, 4) is 0 Å². The van der Waals surface area contributed by atoms with Gasteiger partial charge in [0.25, 0.3) is 0 Å². The van der Waals surface area contributed by atoms with Gasteiger partial charge in [-0.3, -0.25) is 4.79 Å². The van der Waals surface area contributed by atoms with Gasteiger partial charge in [-0.15, -0.1) is 0 Å². The standard InChI is InChI=1S/C11H18O/c1-6-7(2)9(4)11(8(6)3)10(5)12/h8-9,11H,1-5H3/t8-,9+,11?. The normalized spacial score (nSPS) is 35.9. The Labute approximate surface area is 74.9 Å². The van der Waals surface area contributed by atoms with Crippen molar-refractivity contribution in [3.05, 3.63) is 11.1 Å². The van der Waals surface area contributed by atoms with Gasteiger partial charge >= 0.3 is 0 Å². The molecule has 0 bridgehead atoms. The molecule has 0 saturated heterocycles. The largest absolute Gasteiger partial charge is 0.300 e. The Balaban J connectivity index is 2.95. The Morgan fingerprint density at radius 1 is 1.08 bits per heavy atom. The topological polar surface area (TPSA) is 17.1 Å². The third-order valence-corrected chi connectivity index (χ3v) is 3.53. The lowest BCUT2D eigenvalue weighted by Crippen LogP contribution is -2.21. The number of carbonyl (C=O) groups is 1. The average molecular weight is 166 g/mol. The SMILES string of the molecule is CC(=O)C1[C@H](C)C(C)=C(C)[C@@H]1C. The van der Waals surface area contributed by atoms with Crippen LogP contribution in [0.2, 0.25) is 0 Å². The highest BCUT2D eigenvalue weighted by molar-refractivity contribution is 5.80. The molecule has 0 heterocycles. The van der Waals surface area contributed by atoms with E-state index in [0.29, 0.717) is 17.6 Å². The van der Waals surface area contributed by atoms with E-state index in [0.717, 1.165) is 0 Å². The monoisotopic (exact) mass is 166 g/mol. The molecule has 0 aliphatic heterocycles. The molecule has 1 unspecified atom stereocenters. The van der Waals surface area contributed by atoms with E-state index in [1.165, 1.54) is 11.1 Å². The number of allylic oxidation sites excluding steroid dienone is 2. The first kappa shape index (κ1) is 9.50. The third kappa shape index (κ3) is 1.21. The van der Waals surface area contributed by atoms with Gasteiger partial charge in [0.05, 0.1) is 0 Å². The fourth-order valence-corrected chi connectivity index (χ4v) is 2.39. The quantitative estimate of drug-likeness (QED) is 0.547. The van der Waals surface area contributed by atoms with E-state index in [1.54, 1.807) is 6.92 Å². The summed E-state index contributed by atoms with van der Waals surface area (Å²) in [6, 6.07) is 0. The van der Waals surface area contributed by atoms with Crippen LogP contribution in [0.15, 0.2) is 11.1 Å². The van der Waals surface area contributed by atoms with Gasteiger partial charge in [0, 0.05) is 5.92 Å². The summed E-state index contributed by atoms with van der Waals surface area (Å²) >= 11 is 0. The second-order valence-corrected chi connectivity index (χ2v) is 4.08. The molecule has 0 spiro atoms. The molecule has 68 valence electrons. The first-order valence-electron chi connectivity index (χ1n) is 4.64. The molecule has 0 saturated carbocycles. The number of hydrogen-bond acceptors (Lipinski definition) is 1. The summed E-state index contributed by atoms with van der Waals surface area (Å²) in [5, 5.41) is 0. The summed E-state index contributed by atoms with van der Waals surface area (Å²) in [5.74, 6) is 1.49. The first-order valence-corrected chi connectivity index (χ1v) is 4.64. The van der Waals surface area contributed by atoms with Crippen molar-refractivity contribution in [2.45, 2.75) is 34.6 Å². The summed E-state index contributed by atoms with van der Waals surface area (Å²) in [7, 11) is 0. The van der Waals surface area contributed by atoms with Gasteiger partial charge in [0.15, 0.2) is 0 Å². The second-order valence-electron chi connectivity index (χ2n) is 4.08. The first-order chi connectivity index (χ1) is 5.46. The molecular formula is C11H18O. The molecule has 3 atom stereocenters. The fourth-order valence-electron chi connectivity index (χ4n) is 2.39. The van der Waals surface area contributed by atoms with Crippen molar-refractivity contribution >= 4 is 5.78 Å². The van der Waals surface area contributed by atoms with Crippen LogP contribution in [-0.2, 0) is 4.79 Å². The molecule has 12 heavy (non-hydrogen) atoms. The lowest BCUT2D eigenvalue weighted by Gasteiger charge is -2.18. The van der Waals surface area contributed by atoms with Crippen LogP contribution in [0.4, 0.5) is 0 Å². The van der Waals surface area contributed by atoms with Gasteiger partial charge in [-0.1, -0.05) is 25.0 Å². The maximum absolute atomic E-state index is 11.3. The molecule has 0 amide bonds. The van der Waals surface area contributed by atoms with Crippen molar-refractivity contribution in [3.63, 3.8) is 0 Å². The minimum absolute atomic E-state index is 0.241. The molecule has 0 aromatic carbocycles. The predicted molar refractivity (Wildman–Crippen MR) is 50.9 cm³/mol. The fraction of sp³-hybridized carbons (Fsp3) is 0.727. The van der Waals surface area contributed by atoms with Gasteiger partial charge in [0.1, 0.15) is 5.78 Å². The highest BCUT2D eigenvalue weighted by Gasteiger charge is 2.36. The predicted octanol–water partition coefficient (Wildman–Crippen LogP) is 2.81. The Morgan fingerprint density at radius 2 is 1.42 bits per heavy atom. The van der Waals surface area contributed by atoms with Crippen LogP contribution >= 0.6 is 0 Å². The molecule has 1 rings (SSSR count). The maximum atomic E-state index is 11.3. The Kier molecular flexibility index (Phi) is 2.41. The summed E-state index contributed by atoms with van der Waals surface area (Å²) in [6.45, 7) is 10.3. The van der Waals surface area contributed by atoms with Crippen molar-refractivity contribution in [1.82, 2.24) is 0 Å². The van der Waals surface area contributed by atoms with Gasteiger partial charge in [-0.25, -0.2) is 0 Å². The highest BCUT2D eigenvalue weighted by atomic mass is 16.1. The summed E-state index contributed by atoms with van der Waals surface area (Å²) in [4.78, 5) is 11.3. The Morgan fingerprint density at radius 3 is 1.58 bits per heavy atom. The van der Waals surface area contributed by atoms with Gasteiger partial charge in [-0.2, -0.15) is 0 Å². The number of Topliss-reactive ketones (excluding diaryl/α,β-unsaturated/α-hetero) is 1. The van der Waals surface area contributed by atoms with Crippen molar-refractivity contribution < 1.29 is 4.79 Å². The molecule has 0 N–H and O–H groups in total. The van der Waals surface area contributed by atoms with Crippen molar-refractivity contribution in [1.29, 1.82) is 0 Å². The third-order valence-electron chi connectivity index (χ3n) is 3.53. The average Bonchev–Trinajstić information content (AvgIpc) is 2.16. The number of ketones is 1. The summed E-state index contributed by atoms with van der Waals surface area (Å²) < 4.78 is 0. The van der Waals surface area contributed by atoms with E-state index in [2.05, 4.69) is 27.7 Å². The highest BCUT2D eigenvalue weighted by Crippen LogP contribution is 2.41. The maximum Gasteiger partial charge on any atom is 0.134 e. The summed E-state index contributed by atoms with van der Waals surface area (Å²) in [5.41, 5.74) is 2.84. The molecule has 0 fully saturated rings. The van der Waals surface area contributed by atoms with Gasteiger partial charge in [-0.05, 0) is 32.6 Å². The minimum atomic E-state index is 0.241. The van der Waals surface area contributed by atoms with Gasteiger partial charge < -0.3 is 0 Å².